The van der Waals surface area contributed by atoms with E-state index in [1.54, 1.807) is 0 Å². The molecule has 108 valence electrons. The molecule has 0 aliphatic heterocycles. The zero-order valence-corrected chi connectivity index (χ0v) is 12.9. The molecule has 0 fully saturated rings. The zero-order valence-electron chi connectivity index (χ0n) is 12.9. The van der Waals surface area contributed by atoms with Gasteiger partial charge < -0.3 is 15.0 Å². The highest BCUT2D eigenvalue weighted by Gasteiger charge is 2.35. The van der Waals surface area contributed by atoms with Gasteiger partial charge in [0.25, 0.3) is 0 Å². The van der Waals surface area contributed by atoms with E-state index < -0.39 is 5.54 Å². The Morgan fingerprint density at radius 3 is 2.39 bits per heavy atom. The van der Waals surface area contributed by atoms with Gasteiger partial charge in [-0.2, -0.15) is 0 Å². The molecule has 0 rings (SSSR count). The maximum Gasteiger partial charge on any atom is 0.326 e. The molecule has 0 saturated carbocycles. The molecule has 0 saturated heterocycles. The van der Waals surface area contributed by atoms with Gasteiger partial charge in [0.15, 0.2) is 0 Å². The number of ether oxygens (including phenoxy) is 1. The summed E-state index contributed by atoms with van der Waals surface area (Å²) in [6.45, 7) is 12.8. The molecular weight excluding hydrogens is 228 g/mol. The topological polar surface area (TPSA) is 41.6 Å². The second kappa shape index (κ2) is 8.48. The molecule has 0 aliphatic rings. The van der Waals surface area contributed by atoms with E-state index in [9.17, 15) is 4.79 Å². The van der Waals surface area contributed by atoms with Crippen LogP contribution in [0.25, 0.3) is 0 Å². The Balaban J connectivity index is 4.63. The predicted octanol–water partition coefficient (Wildman–Crippen LogP) is 2.04. The maximum atomic E-state index is 12.0. The molecule has 4 nitrogen and oxygen atoms in total. The highest BCUT2D eigenvalue weighted by Crippen LogP contribution is 2.18. The first-order valence-electron chi connectivity index (χ1n) is 7.05. The minimum atomic E-state index is -0.601. The molecule has 0 aromatic heterocycles. The molecule has 4 heteroatoms. The first kappa shape index (κ1) is 17.4. The van der Waals surface area contributed by atoms with Crippen LogP contribution in [0, 0.1) is 0 Å². The van der Waals surface area contributed by atoms with Gasteiger partial charge in [0, 0.05) is 6.04 Å². The molecule has 0 aromatic carbocycles. The lowest BCUT2D eigenvalue weighted by molar-refractivity contribution is -0.151. The van der Waals surface area contributed by atoms with Gasteiger partial charge in [0.2, 0.25) is 0 Å². The summed E-state index contributed by atoms with van der Waals surface area (Å²) in [5, 5.41) is 3.11. The quantitative estimate of drug-likeness (QED) is 0.643. The molecule has 18 heavy (non-hydrogen) atoms. The number of carbonyl (C=O) groups excluding carboxylic acids is 1. The van der Waals surface area contributed by atoms with E-state index in [1.165, 1.54) is 0 Å². The Morgan fingerprint density at radius 1 is 1.39 bits per heavy atom. The Hall–Kier alpha value is -0.610. The molecule has 2 unspecified atom stereocenters. The van der Waals surface area contributed by atoms with Gasteiger partial charge in [-0.05, 0) is 53.8 Å². The number of likely N-dealkylation sites (N-methyl/N-ethyl adjacent to an activating group) is 1. The molecule has 0 aromatic rings. The van der Waals surface area contributed by atoms with Crippen LogP contribution < -0.4 is 5.32 Å². The summed E-state index contributed by atoms with van der Waals surface area (Å²) in [6, 6.07) is 0.358. The Bertz CT molecular complexity index is 246. The molecule has 2 atom stereocenters. The maximum absolute atomic E-state index is 12.0. The van der Waals surface area contributed by atoms with E-state index >= 15 is 0 Å². The normalized spacial score (nSPS) is 16.4. The lowest BCUT2D eigenvalue weighted by Crippen LogP contribution is -2.53. The van der Waals surface area contributed by atoms with Gasteiger partial charge >= 0.3 is 5.97 Å². The third-order valence-corrected chi connectivity index (χ3v) is 3.52. The third-order valence-electron chi connectivity index (χ3n) is 3.52. The third kappa shape index (κ3) is 4.94. The summed E-state index contributed by atoms with van der Waals surface area (Å²) in [5.74, 6) is -0.160. The first-order chi connectivity index (χ1) is 8.45. The minimum absolute atomic E-state index is 0.160. The smallest absolute Gasteiger partial charge is 0.326 e. The molecule has 1 N–H and O–H groups in total. The number of nitrogens with zero attached hydrogens (tertiary/aromatic N) is 1. The largest absolute Gasteiger partial charge is 0.465 e. The predicted molar refractivity (Wildman–Crippen MR) is 75.7 cm³/mol. The van der Waals surface area contributed by atoms with Crippen molar-refractivity contribution >= 4 is 5.97 Å². The standard InChI is InChI=1S/C14H30N2O2/c1-7-10-16(8-2)12(4)11-14(5,15-6)13(17)18-9-3/h12,15H,7-11H2,1-6H3. The van der Waals surface area contributed by atoms with Gasteiger partial charge in [-0.25, -0.2) is 0 Å². The van der Waals surface area contributed by atoms with Crippen LogP contribution in [-0.4, -0.2) is 49.2 Å². The Morgan fingerprint density at radius 2 is 2.00 bits per heavy atom. The van der Waals surface area contributed by atoms with E-state index in [4.69, 9.17) is 4.74 Å². The van der Waals surface area contributed by atoms with Crippen molar-refractivity contribution in [2.24, 2.45) is 0 Å². The fourth-order valence-corrected chi connectivity index (χ4v) is 2.28. The van der Waals surface area contributed by atoms with Crippen LogP contribution in [0.5, 0.6) is 0 Å². The highest BCUT2D eigenvalue weighted by atomic mass is 16.5. The second-order valence-corrected chi connectivity index (χ2v) is 4.98. The van der Waals surface area contributed by atoms with Gasteiger partial charge in [-0.15, -0.1) is 0 Å². The molecule has 0 heterocycles. The van der Waals surface area contributed by atoms with Crippen molar-refractivity contribution in [3.05, 3.63) is 0 Å². The summed E-state index contributed by atoms with van der Waals surface area (Å²) < 4.78 is 5.15. The molecule has 0 aliphatic carbocycles. The SMILES string of the molecule is CCCN(CC)C(C)CC(C)(NC)C(=O)OCC. The van der Waals surface area contributed by atoms with Gasteiger partial charge in [0.1, 0.15) is 5.54 Å². The van der Waals surface area contributed by atoms with Crippen LogP contribution >= 0.6 is 0 Å². The number of nitrogens with one attached hydrogen (secondary N) is 1. The van der Waals surface area contributed by atoms with Crippen molar-refractivity contribution in [2.45, 2.75) is 59.0 Å². The van der Waals surface area contributed by atoms with E-state index in [0.717, 1.165) is 25.9 Å². The van der Waals surface area contributed by atoms with Crippen LogP contribution in [0.1, 0.15) is 47.5 Å². The fourth-order valence-electron chi connectivity index (χ4n) is 2.28. The van der Waals surface area contributed by atoms with E-state index in [0.29, 0.717) is 12.6 Å². The van der Waals surface area contributed by atoms with Crippen molar-refractivity contribution in [1.29, 1.82) is 0 Å². The highest BCUT2D eigenvalue weighted by molar-refractivity contribution is 5.80. The average molecular weight is 258 g/mol. The van der Waals surface area contributed by atoms with Crippen molar-refractivity contribution in [1.82, 2.24) is 10.2 Å². The Kier molecular flexibility index (Phi) is 8.20. The van der Waals surface area contributed by atoms with Crippen molar-refractivity contribution in [2.75, 3.05) is 26.7 Å². The number of hydrogen-bond donors (Lipinski definition) is 1. The lowest BCUT2D eigenvalue weighted by Gasteiger charge is -2.35. The average Bonchev–Trinajstić information content (AvgIpc) is 2.35. The van der Waals surface area contributed by atoms with Crippen molar-refractivity contribution < 1.29 is 9.53 Å². The molecule has 0 radical (unpaired) electrons. The van der Waals surface area contributed by atoms with E-state index in [1.807, 2.05) is 20.9 Å². The van der Waals surface area contributed by atoms with Crippen LogP contribution in [0.3, 0.4) is 0 Å². The lowest BCUT2D eigenvalue weighted by atomic mass is 9.93. The molecular formula is C14H30N2O2. The van der Waals surface area contributed by atoms with Crippen LogP contribution in [-0.2, 0) is 9.53 Å². The molecule has 0 amide bonds. The van der Waals surface area contributed by atoms with Crippen LogP contribution in [0.15, 0.2) is 0 Å². The summed E-state index contributed by atoms with van der Waals surface area (Å²) >= 11 is 0. The number of rotatable bonds is 9. The summed E-state index contributed by atoms with van der Waals surface area (Å²) in [6.07, 6.45) is 1.89. The van der Waals surface area contributed by atoms with E-state index in [-0.39, 0.29) is 5.97 Å². The second-order valence-electron chi connectivity index (χ2n) is 4.98. The first-order valence-corrected chi connectivity index (χ1v) is 7.05. The monoisotopic (exact) mass is 258 g/mol. The van der Waals surface area contributed by atoms with Gasteiger partial charge in [-0.3, -0.25) is 4.79 Å². The number of esters is 1. The Labute approximate surface area is 112 Å². The van der Waals surface area contributed by atoms with E-state index in [2.05, 4.69) is 31.0 Å². The molecule has 0 bridgehead atoms. The van der Waals surface area contributed by atoms with Gasteiger partial charge in [-0.1, -0.05) is 13.8 Å². The molecule has 0 spiro atoms. The van der Waals surface area contributed by atoms with Gasteiger partial charge in [0.05, 0.1) is 6.61 Å². The summed E-state index contributed by atoms with van der Waals surface area (Å²) in [4.78, 5) is 14.4. The van der Waals surface area contributed by atoms with Crippen LogP contribution in [0.2, 0.25) is 0 Å². The number of hydrogen-bond acceptors (Lipinski definition) is 4. The number of carbonyl (C=O) groups is 1. The fraction of sp³-hybridized carbons (Fsp3) is 0.929. The van der Waals surface area contributed by atoms with Crippen molar-refractivity contribution in [3.63, 3.8) is 0 Å². The minimum Gasteiger partial charge on any atom is -0.465 e. The summed E-state index contributed by atoms with van der Waals surface area (Å²) in [5.41, 5.74) is -0.601. The van der Waals surface area contributed by atoms with Crippen molar-refractivity contribution in [3.8, 4) is 0 Å². The summed E-state index contributed by atoms with van der Waals surface area (Å²) in [7, 11) is 1.82. The van der Waals surface area contributed by atoms with Crippen LogP contribution in [0.4, 0.5) is 0 Å². The zero-order chi connectivity index (χ0) is 14.2.